The number of hydrogen-bond donors (Lipinski definition) is 0. The summed E-state index contributed by atoms with van der Waals surface area (Å²) in [6.45, 7) is 0.522. The Balaban J connectivity index is 1.19. The van der Waals surface area contributed by atoms with E-state index in [2.05, 4.69) is 26.1 Å². The number of hydrogen-bond acceptors (Lipinski definition) is 6. The summed E-state index contributed by atoms with van der Waals surface area (Å²) in [6, 6.07) is 3.64. The number of carbonyl (C=O) groups excluding carboxylic acids is 1. The number of oxime groups is 1. The molecule has 0 aliphatic carbocycles. The van der Waals surface area contributed by atoms with Gasteiger partial charge in [-0.1, -0.05) is 11.2 Å². The number of rotatable bonds is 6. The van der Waals surface area contributed by atoms with Gasteiger partial charge in [0.1, 0.15) is 34.1 Å². The Morgan fingerprint density at radius 3 is 2.55 bits per heavy atom. The molecule has 0 N–H and O–H groups in total. The van der Waals surface area contributed by atoms with Crippen molar-refractivity contribution in [3.8, 4) is 0 Å². The molecular weight excluding hydrogens is 594 g/mol. The second-order valence-electron chi connectivity index (χ2n) is 9.08. The van der Waals surface area contributed by atoms with Gasteiger partial charge in [-0.15, -0.1) is 11.3 Å². The third-order valence-corrected chi connectivity index (χ3v) is 8.61. The molecule has 0 saturated carbocycles. The zero-order valence-electron chi connectivity index (χ0n) is 20.0. The Morgan fingerprint density at radius 1 is 1.24 bits per heavy atom. The molecule has 1 amide bonds. The van der Waals surface area contributed by atoms with Crippen LogP contribution >= 0.6 is 27.3 Å². The van der Waals surface area contributed by atoms with Crippen LogP contribution < -0.4 is 5.56 Å². The van der Waals surface area contributed by atoms with Gasteiger partial charge in [0.2, 0.25) is 5.91 Å². The van der Waals surface area contributed by atoms with E-state index in [0.717, 1.165) is 14.4 Å². The summed E-state index contributed by atoms with van der Waals surface area (Å²) in [7, 11) is 1.32. The second-order valence-corrected chi connectivity index (χ2v) is 10.8. The first kappa shape index (κ1) is 26.6. The van der Waals surface area contributed by atoms with E-state index in [-0.39, 0.29) is 34.8 Å². The average Bonchev–Trinajstić information content (AvgIpc) is 3.60. The van der Waals surface area contributed by atoms with Crippen LogP contribution in [0.1, 0.15) is 59.7 Å². The molecule has 1 aromatic carbocycles. The lowest BCUT2D eigenvalue weighted by molar-refractivity contribution is -0.133. The van der Waals surface area contributed by atoms with Gasteiger partial charge in [-0.3, -0.25) is 14.3 Å². The summed E-state index contributed by atoms with van der Waals surface area (Å²) in [5.41, 5.74) is -0.209. The van der Waals surface area contributed by atoms with Crippen molar-refractivity contribution >= 4 is 38.9 Å². The van der Waals surface area contributed by atoms with Crippen LogP contribution in [0.25, 0.3) is 0 Å². The van der Waals surface area contributed by atoms with Crippen molar-refractivity contribution in [2.75, 3.05) is 13.1 Å². The summed E-state index contributed by atoms with van der Waals surface area (Å²) in [5, 5.41) is 6.70. The van der Waals surface area contributed by atoms with Crippen LogP contribution in [0.2, 0.25) is 0 Å². The number of benzene rings is 1. The van der Waals surface area contributed by atoms with E-state index in [9.17, 15) is 27.2 Å². The van der Waals surface area contributed by atoms with Crippen molar-refractivity contribution in [2.24, 2.45) is 12.2 Å². The summed E-state index contributed by atoms with van der Waals surface area (Å²) >= 11 is 4.35. The van der Waals surface area contributed by atoms with E-state index < -0.39 is 35.4 Å². The first-order valence-corrected chi connectivity index (χ1v) is 13.5. The number of piperidine rings is 1. The third-order valence-electron chi connectivity index (χ3n) is 6.85. The van der Waals surface area contributed by atoms with Gasteiger partial charge in [-0.25, -0.2) is 27.2 Å². The van der Waals surface area contributed by atoms with E-state index in [1.165, 1.54) is 36.6 Å². The summed E-state index contributed by atoms with van der Waals surface area (Å²) in [4.78, 5) is 36.8. The van der Waals surface area contributed by atoms with Crippen LogP contribution in [0.15, 0.2) is 38.0 Å². The number of alkyl halides is 2. The van der Waals surface area contributed by atoms with Crippen molar-refractivity contribution < 1.29 is 27.2 Å². The van der Waals surface area contributed by atoms with Crippen molar-refractivity contribution in [3.05, 3.63) is 72.0 Å². The Labute approximate surface area is 226 Å². The molecule has 1 saturated heterocycles. The largest absolute Gasteiger partial charge is 0.387 e. The lowest BCUT2D eigenvalue weighted by Crippen LogP contribution is -2.41. The highest BCUT2D eigenvalue weighted by molar-refractivity contribution is 9.10. The number of carbonyl (C=O) groups is 1. The van der Waals surface area contributed by atoms with Gasteiger partial charge in [0.25, 0.3) is 12.0 Å². The minimum absolute atomic E-state index is 0.0953. The lowest BCUT2D eigenvalue weighted by Gasteiger charge is -2.31. The molecule has 2 aromatic heterocycles. The molecule has 4 heterocycles. The fraction of sp³-hybridized carbons (Fsp3) is 0.417. The van der Waals surface area contributed by atoms with Crippen LogP contribution in [-0.2, 0) is 23.2 Å². The van der Waals surface area contributed by atoms with E-state index >= 15 is 0 Å². The standard InChI is InChI=1S/C24H22BrF4N5O3S/c1-32-21(22(28)29)20(25)24(36)34(32)10-18(35)33-7-5-12(6-8-33)23-30-16(11-38-23)15-9-17(37-31-15)19-13(26)3-2-4-14(19)27/h2-4,11-12,17,22H,5-10H2,1H3. The van der Waals surface area contributed by atoms with Crippen LogP contribution in [0, 0.1) is 11.6 Å². The smallest absolute Gasteiger partial charge is 0.281 e. The predicted molar refractivity (Wildman–Crippen MR) is 134 cm³/mol. The number of aromatic nitrogens is 3. The van der Waals surface area contributed by atoms with Crippen molar-refractivity contribution in [2.45, 2.75) is 44.3 Å². The van der Waals surface area contributed by atoms with Gasteiger partial charge in [0, 0.05) is 37.9 Å². The maximum Gasteiger partial charge on any atom is 0.281 e. The molecule has 0 radical (unpaired) electrons. The molecular formula is C24H22BrF4N5O3S. The fourth-order valence-corrected chi connectivity index (χ4v) is 6.39. The van der Waals surface area contributed by atoms with E-state index in [1.807, 2.05) is 5.38 Å². The Bertz CT molecular complexity index is 1440. The molecule has 1 fully saturated rings. The topological polar surface area (TPSA) is 81.7 Å². The molecule has 2 aliphatic rings. The molecule has 1 atom stereocenters. The molecule has 3 aromatic rings. The molecule has 0 spiro atoms. The zero-order valence-corrected chi connectivity index (χ0v) is 22.4. The van der Waals surface area contributed by atoms with Gasteiger partial charge >= 0.3 is 0 Å². The third kappa shape index (κ3) is 4.91. The summed E-state index contributed by atoms with van der Waals surface area (Å²) in [5.74, 6) is -1.61. The van der Waals surface area contributed by atoms with Crippen LogP contribution in [0.4, 0.5) is 17.6 Å². The Kier molecular flexibility index (Phi) is 7.45. The van der Waals surface area contributed by atoms with Crippen LogP contribution in [0.5, 0.6) is 0 Å². The number of likely N-dealkylation sites (tertiary alicyclic amines) is 1. The quantitative estimate of drug-likeness (QED) is 0.370. The monoisotopic (exact) mass is 615 g/mol. The highest BCUT2D eigenvalue weighted by Gasteiger charge is 2.32. The SMILES string of the molecule is Cn1c(C(F)F)c(Br)c(=O)n1CC(=O)N1CCC(c2nc(C3=NOC(c4c(F)cccc4F)C3)cs2)CC1. The number of thiazole rings is 1. The normalized spacial score (nSPS) is 18.2. The zero-order chi connectivity index (χ0) is 27.1. The minimum atomic E-state index is -2.86. The van der Waals surface area contributed by atoms with Crippen molar-refractivity contribution in [1.29, 1.82) is 0 Å². The molecule has 0 bridgehead atoms. The Hall–Kier alpha value is -3.00. The Morgan fingerprint density at radius 2 is 1.92 bits per heavy atom. The lowest BCUT2D eigenvalue weighted by atomic mass is 9.97. The molecule has 38 heavy (non-hydrogen) atoms. The summed E-state index contributed by atoms with van der Waals surface area (Å²) < 4.78 is 56.5. The maximum atomic E-state index is 14.1. The first-order valence-electron chi connectivity index (χ1n) is 11.8. The summed E-state index contributed by atoms with van der Waals surface area (Å²) in [6.07, 6.45) is -2.25. The minimum Gasteiger partial charge on any atom is -0.387 e. The highest BCUT2D eigenvalue weighted by atomic mass is 79.9. The molecule has 1 unspecified atom stereocenters. The van der Waals surface area contributed by atoms with Gasteiger partial charge in [-0.2, -0.15) is 0 Å². The van der Waals surface area contributed by atoms with Gasteiger partial charge in [-0.05, 0) is 40.9 Å². The van der Waals surface area contributed by atoms with E-state index in [4.69, 9.17) is 4.84 Å². The second kappa shape index (κ2) is 10.6. The van der Waals surface area contributed by atoms with Gasteiger partial charge < -0.3 is 9.74 Å². The van der Waals surface area contributed by atoms with E-state index in [0.29, 0.717) is 37.3 Å². The fourth-order valence-electron chi connectivity index (χ4n) is 4.76. The van der Waals surface area contributed by atoms with Crippen molar-refractivity contribution in [3.63, 3.8) is 0 Å². The molecule has 202 valence electrons. The van der Waals surface area contributed by atoms with Crippen molar-refractivity contribution in [1.82, 2.24) is 19.2 Å². The average molecular weight is 616 g/mol. The molecule has 2 aliphatic heterocycles. The molecule has 5 rings (SSSR count). The molecule has 8 nitrogen and oxygen atoms in total. The van der Waals surface area contributed by atoms with Gasteiger partial charge in [0.15, 0.2) is 6.10 Å². The van der Waals surface area contributed by atoms with Gasteiger partial charge in [0.05, 0.1) is 16.3 Å². The number of amides is 1. The predicted octanol–water partition coefficient (Wildman–Crippen LogP) is 4.89. The first-order chi connectivity index (χ1) is 18.2. The maximum absolute atomic E-state index is 14.1. The highest BCUT2D eigenvalue weighted by Crippen LogP contribution is 2.35. The van der Waals surface area contributed by atoms with E-state index in [1.54, 1.807) is 4.90 Å². The number of nitrogens with zero attached hydrogens (tertiary/aromatic N) is 5. The van der Waals surface area contributed by atoms with Crippen LogP contribution in [-0.4, -0.2) is 44.0 Å². The molecule has 14 heteroatoms. The van der Waals surface area contributed by atoms with Crippen LogP contribution in [0.3, 0.4) is 0 Å². The number of halogens is 5.